The SMILES string of the molecule is O=Cc1ccccc1OC(=O)CCC(=O)Oc1ccccc1C=O. The maximum absolute atomic E-state index is 11.8. The maximum Gasteiger partial charge on any atom is 0.311 e. The lowest BCUT2D eigenvalue weighted by Gasteiger charge is -2.07. The zero-order valence-corrected chi connectivity index (χ0v) is 12.6. The van der Waals surface area contributed by atoms with E-state index < -0.39 is 11.9 Å². The van der Waals surface area contributed by atoms with Gasteiger partial charge in [-0.05, 0) is 24.3 Å². The van der Waals surface area contributed by atoms with E-state index in [1.807, 2.05) is 0 Å². The first kappa shape index (κ1) is 17.1. The average molecular weight is 326 g/mol. The van der Waals surface area contributed by atoms with Crippen molar-refractivity contribution in [3.8, 4) is 11.5 Å². The molecular formula is C18H14O6. The minimum Gasteiger partial charge on any atom is -0.426 e. The van der Waals surface area contributed by atoms with Gasteiger partial charge in [0.2, 0.25) is 0 Å². The van der Waals surface area contributed by atoms with E-state index in [4.69, 9.17) is 9.47 Å². The van der Waals surface area contributed by atoms with Gasteiger partial charge in [0.25, 0.3) is 0 Å². The Hall–Kier alpha value is -3.28. The molecular weight excluding hydrogens is 312 g/mol. The predicted octanol–water partition coefficient (Wildman–Crippen LogP) is 2.60. The fourth-order valence-electron chi connectivity index (χ4n) is 1.89. The third-order valence-electron chi connectivity index (χ3n) is 3.07. The summed E-state index contributed by atoms with van der Waals surface area (Å²) in [6.07, 6.45) is 0.727. The van der Waals surface area contributed by atoms with Crippen LogP contribution >= 0.6 is 0 Å². The van der Waals surface area contributed by atoms with Gasteiger partial charge in [0.1, 0.15) is 11.5 Å². The molecule has 0 bridgehead atoms. The van der Waals surface area contributed by atoms with Crippen LogP contribution < -0.4 is 9.47 Å². The molecule has 0 N–H and O–H groups in total. The summed E-state index contributed by atoms with van der Waals surface area (Å²) in [5.74, 6) is -1.05. The third kappa shape index (κ3) is 4.61. The molecule has 0 aliphatic carbocycles. The van der Waals surface area contributed by atoms with Crippen LogP contribution in [0.1, 0.15) is 33.6 Å². The first-order valence-corrected chi connectivity index (χ1v) is 7.14. The van der Waals surface area contributed by atoms with E-state index in [-0.39, 0.29) is 35.5 Å². The number of carbonyl (C=O) groups is 4. The van der Waals surface area contributed by atoms with Gasteiger partial charge in [-0.2, -0.15) is 0 Å². The predicted molar refractivity (Wildman–Crippen MR) is 84.2 cm³/mol. The highest BCUT2D eigenvalue weighted by Gasteiger charge is 2.13. The molecule has 0 atom stereocenters. The summed E-state index contributed by atoms with van der Waals surface area (Å²) in [6, 6.07) is 12.5. The van der Waals surface area contributed by atoms with E-state index in [0.29, 0.717) is 12.6 Å². The van der Waals surface area contributed by atoms with Crippen molar-refractivity contribution in [1.82, 2.24) is 0 Å². The average Bonchev–Trinajstić information content (AvgIpc) is 2.61. The highest BCUT2D eigenvalue weighted by atomic mass is 16.5. The molecule has 0 amide bonds. The highest BCUT2D eigenvalue weighted by Crippen LogP contribution is 2.18. The van der Waals surface area contributed by atoms with Crippen LogP contribution in [0, 0.1) is 0 Å². The van der Waals surface area contributed by atoms with Crippen LogP contribution in [0.4, 0.5) is 0 Å². The Bertz CT molecular complexity index is 700. The lowest BCUT2D eigenvalue weighted by Crippen LogP contribution is -2.15. The van der Waals surface area contributed by atoms with Gasteiger partial charge in [0.05, 0.1) is 24.0 Å². The monoisotopic (exact) mass is 326 g/mol. The minimum atomic E-state index is -0.662. The smallest absolute Gasteiger partial charge is 0.311 e. The van der Waals surface area contributed by atoms with Crippen molar-refractivity contribution in [3.05, 3.63) is 59.7 Å². The number of rotatable bonds is 7. The first-order chi connectivity index (χ1) is 11.6. The fourth-order valence-corrected chi connectivity index (χ4v) is 1.89. The second-order valence-corrected chi connectivity index (χ2v) is 4.76. The summed E-state index contributed by atoms with van der Waals surface area (Å²) >= 11 is 0. The number of hydrogen-bond acceptors (Lipinski definition) is 6. The van der Waals surface area contributed by atoms with E-state index in [1.54, 1.807) is 24.3 Å². The molecule has 0 radical (unpaired) electrons. The zero-order chi connectivity index (χ0) is 17.4. The molecule has 0 fully saturated rings. The molecule has 0 aliphatic rings. The number of carbonyl (C=O) groups excluding carboxylic acids is 4. The molecule has 0 aromatic heterocycles. The molecule has 0 unspecified atom stereocenters. The van der Waals surface area contributed by atoms with Gasteiger partial charge in [-0.15, -0.1) is 0 Å². The Morgan fingerprint density at radius 2 is 1.08 bits per heavy atom. The van der Waals surface area contributed by atoms with Crippen molar-refractivity contribution in [3.63, 3.8) is 0 Å². The van der Waals surface area contributed by atoms with Crippen LogP contribution in [0.25, 0.3) is 0 Å². The highest BCUT2D eigenvalue weighted by molar-refractivity contribution is 5.85. The maximum atomic E-state index is 11.8. The topological polar surface area (TPSA) is 86.7 Å². The lowest BCUT2D eigenvalue weighted by molar-refractivity contribution is -0.140. The number of ether oxygens (including phenoxy) is 2. The normalized spacial score (nSPS) is 9.83. The molecule has 2 rings (SSSR count). The van der Waals surface area contributed by atoms with Crippen LogP contribution in [-0.2, 0) is 9.59 Å². The van der Waals surface area contributed by atoms with E-state index in [2.05, 4.69) is 0 Å². The van der Waals surface area contributed by atoms with Crippen molar-refractivity contribution in [1.29, 1.82) is 0 Å². The summed E-state index contributed by atoms with van der Waals surface area (Å²) in [5, 5.41) is 0. The Morgan fingerprint density at radius 1 is 0.708 bits per heavy atom. The van der Waals surface area contributed by atoms with Gasteiger partial charge in [0, 0.05) is 0 Å². The lowest BCUT2D eigenvalue weighted by atomic mass is 10.2. The summed E-state index contributed by atoms with van der Waals surface area (Å²) in [6.45, 7) is 0. The van der Waals surface area contributed by atoms with E-state index in [9.17, 15) is 19.2 Å². The van der Waals surface area contributed by atoms with E-state index in [0.717, 1.165) is 0 Å². The Morgan fingerprint density at radius 3 is 1.46 bits per heavy atom. The molecule has 0 spiro atoms. The van der Waals surface area contributed by atoms with Gasteiger partial charge in [-0.1, -0.05) is 24.3 Å². The van der Waals surface area contributed by atoms with Gasteiger partial charge in [0.15, 0.2) is 12.6 Å². The third-order valence-corrected chi connectivity index (χ3v) is 3.07. The Labute approximate surface area is 138 Å². The van der Waals surface area contributed by atoms with Crippen LogP contribution in [0.2, 0.25) is 0 Å². The summed E-state index contributed by atoms with van der Waals surface area (Å²) in [4.78, 5) is 45.2. The van der Waals surface area contributed by atoms with Crippen LogP contribution in [0.5, 0.6) is 11.5 Å². The number of hydrogen-bond donors (Lipinski definition) is 0. The second-order valence-electron chi connectivity index (χ2n) is 4.76. The standard InChI is InChI=1S/C18H14O6/c19-11-13-5-1-3-7-15(13)23-17(21)9-10-18(22)24-16-8-4-2-6-14(16)12-20/h1-8,11-12H,9-10H2. The van der Waals surface area contributed by atoms with Gasteiger partial charge < -0.3 is 9.47 Å². The molecule has 2 aromatic carbocycles. The number of esters is 2. The van der Waals surface area contributed by atoms with Crippen molar-refractivity contribution in [2.24, 2.45) is 0 Å². The van der Waals surface area contributed by atoms with Crippen molar-refractivity contribution < 1.29 is 28.7 Å². The fraction of sp³-hybridized carbons (Fsp3) is 0.111. The van der Waals surface area contributed by atoms with Gasteiger partial charge in [-0.25, -0.2) is 0 Å². The van der Waals surface area contributed by atoms with Gasteiger partial charge >= 0.3 is 11.9 Å². The first-order valence-electron chi connectivity index (χ1n) is 7.14. The summed E-state index contributed by atoms with van der Waals surface area (Å²) < 4.78 is 10.1. The quantitative estimate of drug-likeness (QED) is 0.441. The van der Waals surface area contributed by atoms with Crippen LogP contribution in [0.3, 0.4) is 0 Å². The van der Waals surface area contributed by atoms with Crippen molar-refractivity contribution in [2.75, 3.05) is 0 Å². The molecule has 2 aromatic rings. The molecule has 0 aliphatic heterocycles. The Balaban J connectivity index is 1.88. The molecule has 0 saturated carbocycles. The number of para-hydroxylation sites is 2. The minimum absolute atomic E-state index is 0.136. The molecule has 122 valence electrons. The zero-order valence-electron chi connectivity index (χ0n) is 12.6. The van der Waals surface area contributed by atoms with E-state index >= 15 is 0 Å². The van der Waals surface area contributed by atoms with Crippen LogP contribution in [-0.4, -0.2) is 24.5 Å². The molecule has 6 nitrogen and oxygen atoms in total. The van der Waals surface area contributed by atoms with Crippen molar-refractivity contribution >= 4 is 24.5 Å². The molecule has 0 saturated heterocycles. The van der Waals surface area contributed by atoms with Crippen LogP contribution in [0.15, 0.2) is 48.5 Å². The van der Waals surface area contributed by atoms with Gasteiger partial charge in [-0.3, -0.25) is 19.2 Å². The molecule has 24 heavy (non-hydrogen) atoms. The molecule has 6 heteroatoms. The molecule has 0 heterocycles. The largest absolute Gasteiger partial charge is 0.426 e. The second kappa shape index (κ2) is 8.38. The number of aldehydes is 2. The summed E-state index contributed by atoms with van der Waals surface area (Å²) in [7, 11) is 0. The van der Waals surface area contributed by atoms with E-state index in [1.165, 1.54) is 24.3 Å². The number of benzene rings is 2. The summed E-state index contributed by atoms with van der Waals surface area (Å²) in [5.41, 5.74) is 0.488. The Kier molecular flexibility index (Phi) is 5.96. The van der Waals surface area contributed by atoms with Crippen molar-refractivity contribution in [2.45, 2.75) is 12.8 Å².